The highest BCUT2D eigenvalue weighted by Crippen LogP contribution is 2.52. The molecule has 0 spiro atoms. The van der Waals surface area contributed by atoms with Crippen molar-refractivity contribution in [3.8, 4) is 6.07 Å². The van der Waals surface area contributed by atoms with Crippen LogP contribution in [0.15, 0.2) is 23.1 Å². The van der Waals surface area contributed by atoms with Gasteiger partial charge in [-0.15, -0.1) is 0 Å². The van der Waals surface area contributed by atoms with Crippen molar-refractivity contribution < 1.29 is 36.3 Å². The maximum absolute atomic E-state index is 14.0. The first-order chi connectivity index (χ1) is 16.7. The van der Waals surface area contributed by atoms with E-state index >= 15 is 0 Å². The summed E-state index contributed by atoms with van der Waals surface area (Å²) in [6.07, 6.45) is -5.51. The van der Waals surface area contributed by atoms with Crippen LogP contribution in [0.25, 0.3) is 0 Å². The summed E-state index contributed by atoms with van der Waals surface area (Å²) < 4.78 is 69.1. The number of rotatable bonds is 6. The van der Waals surface area contributed by atoms with E-state index in [2.05, 4.69) is 0 Å². The molecule has 3 fully saturated rings. The number of carboxylic acids is 1. The molecule has 36 heavy (non-hydrogen) atoms. The molecule has 1 aromatic carbocycles. The molecule has 4 atom stereocenters. The van der Waals surface area contributed by atoms with Crippen LogP contribution in [0.1, 0.15) is 18.4 Å². The van der Waals surface area contributed by atoms with Crippen LogP contribution in [0.2, 0.25) is 0 Å². The number of carbonyl (C=O) groups excluding carboxylic acids is 1. The van der Waals surface area contributed by atoms with Gasteiger partial charge < -0.3 is 20.6 Å². The highest BCUT2D eigenvalue weighted by Gasteiger charge is 2.66. The molecule has 3 N–H and O–H groups in total. The molecular weight excluding hydrogens is 503 g/mol. The summed E-state index contributed by atoms with van der Waals surface area (Å²) in [4.78, 5) is 27.7. The molecule has 1 aliphatic carbocycles. The first-order valence-corrected chi connectivity index (χ1v) is 12.9. The Labute approximate surface area is 206 Å². The van der Waals surface area contributed by atoms with Crippen molar-refractivity contribution in [2.45, 2.75) is 41.2 Å². The number of likely N-dealkylation sites (N-methyl/N-ethyl adjacent to an activating group) is 1. The number of piperazine rings is 1. The summed E-state index contributed by atoms with van der Waals surface area (Å²) in [6, 6.07) is 2.58. The van der Waals surface area contributed by atoms with Crippen molar-refractivity contribution in [2.24, 2.45) is 11.1 Å². The standard InChI is InChI=1S/C22H26F3N5O5S/c1-28-4-6-29(7-5-28)13-2-3-17(15(8-13)22(23,24)25)36(34,35)14-9-16(19(31)32)30(11-14)18-10-21(18,12-26)20(27)33/h2-3,8,14,16,18H,4-7,9-11H2,1H3,(H2,27,33)(H,31,32)/t14-,16+,18?,21?/m1/s1. The number of likely N-dealkylation sites (tertiary alicyclic amines) is 1. The summed E-state index contributed by atoms with van der Waals surface area (Å²) >= 11 is 0. The second-order valence-electron chi connectivity index (χ2n) is 9.59. The number of carboxylic acid groups (broad SMARTS) is 1. The Bertz CT molecular complexity index is 1230. The van der Waals surface area contributed by atoms with Crippen molar-refractivity contribution in [3.63, 3.8) is 0 Å². The summed E-state index contributed by atoms with van der Waals surface area (Å²) in [7, 11) is -2.73. The second-order valence-corrected chi connectivity index (χ2v) is 11.8. The number of hydrogen-bond acceptors (Lipinski definition) is 8. The van der Waals surface area contributed by atoms with Crippen molar-refractivity contribution in [1.82, 2.24) is 9.80 Å². The average molecular weight is 530 g/mol. The fourth-order valence-corrected chi connectivity index (χ4v) is 7.05. The summed E-state index contributed by atoms with van der Waals surface area (Å²) in [5, 5.41) is 17.6. The van der Waals surface area contributed by atoms with Gasteiger partial charge in [-0.1, -0.05) is 0 Å². The zero-order valence-corrected chi connectivity index (χ0v) is 20.2. The summed E-state index contributed by atoms with van der Waals surface area (Å²) in [6.45, 7) is 1.83. The predicted molar refractivity (Wildman–Crippen MR) is 121 cm³/mol. The van der Waals surface area contributed by atoms with Gasteiger partial charge in [0.1, 0.15) is 6.04 Å². The maximum Gasteiger partial charge on any atom is 0.417 e. The quantitative estimate of drug-likeness (QED) is 0.538. The van der Waals surface area contributed by atoms with Crippen LogP contribution >= 0.6 is 0 Å². The van der Waals surface area contributed by atoms with E-state index in [4.69, 9.17) is 5.73 Å². The lowest BCUT2D eigenvalue weighted by molar-refractivity contribution is -0.143. The lowest BCUT2D eigenvalue weighted by Gasteiger charge is -2.34. The van der Waals surface area contributed by atoms with Gasteiger partial charge in [0.15, 0.2) is 15.3 Å². The highest BCUT2D eigenvalue weighted by molar-refractivity contribution is 7.92. The minimum Gasteiger partial charge on any atom is -0.480 e. The zero-order chi connectivity index (χ0) is 26.6. The normalized spacial score (nSPS) is 29.6. The molecule has 2 aliphatic heterocycles. The Balaban J connectivity index is 1.67. The molecule has 196 valence electrons. The van der Waals surface area contributed by atoms with E-state index < -0.39 is 74.1 Å². The van der Waals surface area contributed by atoms with Crippen LogP contribution in [0.5, 0.6) is 0 Å². The number of nitrogens with zero attached hydrogens (tertiary/aromatic N) is 4. The van der Waals surface area contributed by atoms with E-state index in [1.54, 1.807) is 11.0 Å². The second kappa shape index (κ2) is 8.89. The van der Waals surface area contributed by atoms with Gasteiger partial charge in [-0.2, -0.15) is 18.4 Å². The Morgan fingerprint density at radius 2 is 1.86 bits per heavy atom. The molecule has 3 aliphatic rings. The molecule has 0 bridgehead atoms. The molecular formula is C22H26F3N5O5S. The third-order valence-corrected chi connectivity index (χ3v) is 9.62. The number of nitrogens with two attached hydrogens (primary N) is 1. The zero-order valence-electron chi connectivity index (χ0n) is 19.4. The van der Waals surface area contributed by atoms with Crippen LogP contribution in [0, 0.1) is 16.7 Å². The monoisotopic (exact) mass is 529 g/mol. The molecule has 2 unspecified atom stereocenters. The van der Waals surface area contributed by atoms with E-state index in [9.17, 15) is 41.5 Å². The number of hydrogen-bond donors (Lipinski definition) is 2. The van der Waals surface area contributed by atoms with Crippen molar-refractivity contribution in [1.29, 1.82) is 5.26 Å². The van der Waals surface area contributed by atoms with Crippen LogP contribution < -0.4 is 10.6 Å². The molecule has 1 aromatic rings. The van der Waals surface area contributed by atoms with Gasteiger partial charge in [-0.3, -0.25) is 14.5 Å². The van der Waals surface area contributed by atoms with Gasteiger partial charge in [0.25, 0.3) is 0 Å². The Morgan fingerprint density at radius 3 is 2.36 bits per heavy atom. The van der Waals surface area contributed by atoms with Gasteiger partial charge in [0, 0.05) is 44.5 Å². The Hall–Kier alpha value is -2.89. The number of benzene rings is 1. The minimum absolute atomic E-state index is 0.0666. The maximum atomic E-state index is 14.0. The third kappa shape index (κ3) is 4.39. The first kappa shape index (κ1) is 26.2. The smallest absolute Gasteiger partial charge is 0.417 e. The number of carbonyl (C=O) groups is 2. The van der Waals surface area contributed by atoms with Gasteiger partial charge >= 0.3 is 12.1 Å². The average Bonchev–Trinajstić information content (AvgIpc) is 3.39. The van der Waals surface area contributed by atoms with Crippen LogP contribution in [-0.2, 0) is 25.6 Å². The van der Waals surface area contributed by atoms with E-state index in [-0.39, 0.29) is 12.1 Å². The summed E-state index contributed by atoms with van der Waals surface area (Å²) in [5.74, 6) is -2.35. The third-order valence-electron chi connectivity index (χ3n) is 7.43. The van der Waals surface area contributed by atoms with E-state index in [0.29, 0.717) is 26.2 Å². The molecule has 2 heterocycles. The first-order valence-electron chi connectivity index (χ1n) is 11.3. The molecule has 0 radical (unpaired) electrons. The molecule has 1 saturated carbocycles. The Morgan fingerprint density at radius 1 is 1.22 bits per heavy atom. The van der Waals surface area contributed by atoms with Crippen molar-refractivity contribution in [2.75, 3.05) is 44.7 Å². The molecule has 14 heteroatoms. The highest BCUT2D eigenvalue weighted by atomic mass is 32.2. The molecule has 0 aromatic heterocycles. The van der Waals surface area contributed by atoms with Crippen LogP contribution in [-0.4, -0.2) is 92.3 Å². The number of aliphatic carboxylic acids is 1. The van der Waals surface area contributed by atoms with Crippen molar-refractivity contribution >= 4 is 27.4 Å². The molecule has 4 rings (SSSR count). The molecule has 2 saturated heterocycles. The SMILES string of the molecule is CN1CCN(c2ccc(S(=O)(=O)[C@@H]3C[C@@H](C(=O)O)N(C4CC4(C#N)C(N)=O)C3)c(C(F)(F)F)c2)CC1. The number of alkyl halides is 3. The number of halogens is 3. The summed E-state index contributed by atoms with van der Waals surface area (Å²) in [5.41, 5.74) is 2.60. The van der Waals surface area contributed by atoms with E-state index in [1.165, 1.54) is 11.0 Å². The van der Waals surface area contributed by atoms with Crippen LogP contribution in [0.4, 0.5) is 18.9 Å². The van der Waals surface area contributed by atoms with Gasteiger partial charge in [-0.25, -0.2) is 8.42 Å². The fraction of sp³-hybridized carbons (Fsp3) is 0.591. The number of sulfone groups is 1. The number of nitriles is 1. The fourth-order valence-electron chi connectivity index (χ4n) is 5.15. The van der Waals surface area contributed by atoms with Gasteiger partial charge in [-0.05, 0) is 38.1 Å². The number of anilines is 1. The van der Waals surface area contributed by atoms with Gasteiger partial charge in [0.2, 0.25) is 5.91 Å². The van der Waals surface area contributed by atoms with E-state index in [0.717, 1.165) is 12.1 Å². The predicted octanol–water partition coefficient (Wildman–Crippen LogP) is 0.526. The lowest BCUT2D eigenvalue weighted by atomic mass is 10.1. The number of primary amides is 1. The minimum atomic E-state index is -4.96. The number of amides is 1. The largest absolute Gasteiger partial charge is 0.480 e. The van der Waals surface area contributed by atoms with Crippen LogP contribution in [0.3, 0.4) is 0 Å². The van der Waals surface area contributed by atoms with Gasteiger partial charge in [0.05, 0.1) is 21.8 Å². The molecule has 10 nitrogen and oxygen atoms in total. The topological polar surface area (TPSA) is 148 Å². The lowest BCUT2D eigenvalue weighted by Crippen LogP contribution is -2.44. The van der Waals surface area contributed by atoms with E-state index in [1.807, 2.05) is 11.9 Å². The Kier molecular flexibility index (Phi) is 6.47. The van der Waals surface area contributed by atoms with Crippen molar-refractivity contribution in [3.05, 3.63) is 23.8 Å². The molecule has 1 amide bonds.